The van der Waals surface area contributed by atoms with E-state index in [0.717, 1.165) is 25.7 Å². The monoisotopic (exact) mass is 376 g/mol. The van der Waals surface area contributed by atoms with Crippen LogP contribution in [-0.4, -0.2) is 15.6 Å². The number of aryl methyl sites for hydroxylation is 1. The lowest BCUT2D eigenvalue weighted by atomic mass is 10.0. The molecule has 0 saturated carbocycles. The highest BCUT2D eigenvalue weighted by molar-refractivity contribution is 14.1. The summed E-state index contributed by atoms with van der Waals surface area (Å²) in [6.07, 6.45) is 0.335. The van der Waals surface area contributed by atoms with E-state index in [-0.39, 0.29) is 5.78 Å². The van der Waals surface area contributed by atoms with Crippen molar-refractivity contribution in [3.8, 4) is 0 Å². The number of nitrogens with zero attached hydrogens (tertiary/aromatic N) is 2. The van der Waals surface area contributed by atoms with E-state index in [1.54, 1.807) is 0 Å². The summed E-state index contributed by atoms with van der Waals surface area (Å²) in [5.74, 6) is 0.102. The Labute approximate surface area is 130 Å². The number of ketones is 1. The van der Waals surface area contributed by atoms with Crippen LogP contribution in [0.3, 0.4) is 0 Å². The summed E-state index contributed by atoms with van der Waals surface area (Å²) in [7, 11) is 1.90. The van der Waals surface area contributed by atoms with Gasteiger partial charge in [-0.25, -0.2) is 0 Å². The second-order valence-electron chi connectivity index (χ2n) is 4.69. The molecule has 1 heterocycles. The van der Waals surface area contributed by atoms with Gasteiger partial charge in [-0.15, -0.1) is 0 Å². The standard InChI is InChI=1S/C16H13IN2O/c1-19-15-5-3-2-4-13(15)14(18-19)10-16(20)11-6-8-12(17)9-7-11/h2-9H,10H2,1H3. The van der Waals surface area contributed by atoms with Crippen LogP contribution in [-0.2, 0) is 13.5 Å². The molecule has 100 valence electrons. The third kappa shape index (κ3) is 2.47. The molecule has 4 heteroatoms. The Kier molecular flexibility index (Phi) is 3.56. The molecule has 0 atom stereocenters. The van der Waals surface area contributed by atoms with Crippen LogP contribution < -0.4 is 0 Å². The lowest BCUT2D eigenvalue weighted by Crippen LogP contribution is -2.04. The normalized spacial score (nSPS) is 10.9. The fraction of sp³-hybridized carbons (Fsp3) is 0.125. The van der Waals surface area contributed by atoms with Gasteiger partial charge in [0.2, 0.25) is 0 Å². The number of Topliss-reactive ketones (excluding diaryl/α,β-unsaturated/α-hetero) is 1. The van der Waals surface area contributed by atoms with Gasteiger partial charge in [-0.2, -0.15) is 5.10 Å². The van der Waals surface area contributed by atoms with E-state index in [1.807, 2.05) is 60.3 Å². The van der Waals surface area contributed by atoms with E-state index in [9.17, 15) is 4.79 Å². The fourth-order valence-corrected chi connectivity index (χ4v) is 2.67. The van der Waals surface area contributed by atoms with E-state index >= 15 is 0 Å². The van der Waals surface area contributed by atoms with Crippen molar-refractivity contribution in [1.29, 1.82) is 0 Å². The minimum absolute atomic E-state index is 0.102. The molecule has 2 aromatic carbocycles. The number of carbonyl (C=O) groups is 1. The lowest BCUT2D eigenvalue weighted by Gasteiger charge is -2.00. The van der Waals surface area contributed by atoms with Gasteiger partial charge in [0, 0.05) is 21.6 Å². The van der Waals surface area contributed by atoms with Gasteiger partial charge < -0.3 is 0 Å². The second-order valence-corrected chi connectivity index (χ2v) is 5.94. The van der Waals surface area contributed by atoms with Gasteiger partial charge in [-0.05, 0) is 40.8 Å². The van der Waals surface area contributed by atoms with Crippen molar-refractivity contribution in [1.82, 2.24) is 9.78 Å². The third-order valence-electron chi connectivity index (χ3n) is 3.33. The number of para-hydroxylation sites is 1. The molecule has 0 fully saturated rings. The number of carbonyl (C=O) groups excluding carboxylic acids is 1. The van der Waals surface area contributed by atoms with Crippen LogP contribution >= 0.6 is 22.6 Å². The summed E-state index contributed by atoms with van der Waals surface area (Å²) in [6.45, 7) is 0. The number of rotatable bonds is 3. The zero-order valence-electron chi connectivity index (χ0n) is 11.0. The average Bonchev–Trinajstić information content (AvgIpc) is 2.77. The smallest absolute Gasteiger partial charge is 0.168 e. The van der Waals surface area contributed by atoms with Gasteiger partial charge in [0.25, 0.3) is 0 Å². The van der Waals surface area contributed by atoms with Crippen LogP contribution in [0.5, 0.6) is 0 Å². The van der Waals surface area contributed by atoms with Crippen LogP contribution in [0.4, 0.5) is 0 Å². The highest BCUT2D eigenvalue weighted by Gasteiger charge is 2.13. The van der Waals surface area contributed by atoms with Crippen molar-refractivity contribution in [2.24, 2.45) is 7.05 Å². The topological polar surface area (TPSA) is 34.9 Å². The largest absolute Gasteiger partial charge is 0.294 e. The maximum Gasteiger partial charge on any atom is 0.168 e. The SMILES string of the molecule is Cn1nc(CC(=O)c2ccc(I)cc2)c2ccccc21. The van der Waals surface area contributed by atoms with E-state index in [2.05, 4.69) is 27.7 Å². The lowest BCUT2D eigenvalue weighted by molar-refractivity contribution is 0.0992. The first-order valence-electron chi connectivity index (χ1n) is 6.34. The van der Waals surface area contributed by atoms with Gasteiger partial charge in [0.05, 0.1) is 17.6 Å². The highest BCUT2D eigenvalue weighted by Crippen LogP contribution is 2.19. The van der Waals surface area contributed by atoms with Crippen LogP contribution in [0.15, 0.2) is 48.5 Å². The van der Waals surface area contributed by atoms with Gasteiger partial charge >= 0.3 is 0 Å². The van der Waals surface area contributed by atoms with Crippen molar-refractivity contribution in [2.45, 2.75) is 6.42 Å². The summed E-state index contributed by atoms with van der Waals surface area (Å²) < 4.78 is 2.95. The summed E-state index contributed by atoms with van der Waals surface area (Å²) in [6, 6.07) is 15.6. The molecule has 3 rings (SSSR count). The Morgan fingerprint density at radius 1 is 1.15 bits per heavy atom. The first-order valence-corrected chi connectivity index (χ1v) is 7.42. The Bertz CT molecular complexity index is 775. The molecular formula is C16H13IN2O. The van der Waals surface area contributed by atoms with Crippen molar-refractivity contribution < 1.29 is 4.79 Å². The zero-order chi connectivity index (χ0) is 14.1. The van der Waals surface area contributed by atoms with Crippen LogP contribution in [0.2, 0.25) is 0 Å². The quantitative estimate of drug-likeness (QED) is 0.517. The van der Waals surface area contributed by atoms with Crippen molar-refractivity contribution in [2.75, 3.05) is 0 Å². The molecule has 0 N–H and O–H groups in total. The van der Waals surface area contributed by atoms with E-state index < -0.39 is 0 Å². The number of hydrogen-bond donors (Lipinski definition) is 0. The zero-order valence-corrected chi connectivity index (χ0v) is 13.2. The molecular weight excluding hydrogens is 363 g/mol. The predicted octanol–water partition coefficient (Wildman–Crippen LogP) is 3.60. The molecule has 0 amide bonds. The molecule has 3 nitrogen and oxygen atoms in total. The number of hydrogen-bond acceptors (Lipinski definition) is 2. The summed E-state index contributed by atoms with van der Waals surface area (Å²) in [5, 5.41) is 5.52. The van der Waals surface area contributed by atoms with Crippen LogP contribution in [0, 0.1) is 3.57 Å². The molecule has 0 spiro atoms. The van der Waals surface area contributed by atoms with Crippen molar-refractivity contribution in [3.05, 3.63) is 63.4 Å². The van der Waals surface area contributed by atoms with Gasteiger partial charge in [-0.3, -0.25) is 9.48 Å². The van der Waals surface area contributed by atoms with Crippen LogP contribution in [0.1, 0.15) is 16.1 Å². The molecule has 0 radical (unpaired) electrons. The van der Waals surface area contributed by atoms with Crippen molar-refractivity contribution in [3.63, 3.8) is 0 Å². The molecule has 0 bridgehead atoms. The van der Waals surface area contributed by atoms with E-state index in [4.69, 9.17) is 0 Å². The van der Waals surface area contributed by atoms with E-state index in [1.165, 1.54) is 0 Å². The summed E-state index contributed by atoms with van der Waals surface area (Å²) in [4.78, 5) is 12.3. The Balaban J connectivity index is 1.93. The number of fused-ring (bicyclic) bond motifs is 1. The molecule has 0 saturated heterocycles. The van der Waals surface area contributed by atoms with Crippen molar-refractivity contribution >= 4 is 39.3 Å². The molecule has 3 aromatic rings. The minimum Gasteiger partial charge on any atom is -0.294 e. The summed E-state index contributed by atoms with van der Waals surface area (Å²) in [5.41, 5.74) is 2.63. The maximum atomic E-state index is 12.3. The first kappa shape index (κ1) is 13.3. The molecule has 0 aliphatic carbocycles. The molecule has 20 heavy (non-hydrogen) atoms. The van der Waals surface area contributed by atoms with Gasteiger partial charge in [-0.1, -0.05) is 30.3 Å². The molecule has 0 unspecified atom stereocenters. The maximum absolute atomic E-state index is 12.3. The third-order valence-corrected chi connectivity index (χ3v) is 4.05. The Hall–Kier alpha value is -1.69. The van der Waals surface area contributed by atoms with Crippen LogP contribution in [0.25, 0.3) is 10.9 Å². The summed E-state index contributed by atoms with van der Waals surface area (Å²) >= 11 is 2.23. The number of aromatic nitrogens is 2. The van der Waals surface area contributed by atoms with E-state index in [0.29, 0.717) is 6.42 Å². The fourth-order valence-electron chi connectivity index (χ4n) is 2.31. The molecule has 0 aliphatic rings. The molecule has 1 aromatic heterocycles. The Morgan fingerprint density at radius 3 is 2.60 bits per heavy atom. The first-order chi connectivity index (χ1) is 9.65. The highest BCUT2D eigenvalue weighted by atomic mass is 127. The number of benzene rings is 2. The predicted molar refractivity (Wildman–Crippen MR) is 87.9 cm³/mol. The second kappa shape index (κ2) is 5.36. The van der Waals surface area contributed by atoms with Gasteiger partial charge in [0.1, 0.15) is 0 Å². The average molecular weight is 376 g/mol. The Morgan fingerprint density at radius 2 is 1.85 bits per heavy atom. The van der Waals surface area contributed by atoms with Gasteiger partial charge in [0.15, 0.2) is 5.78 Å². The molecule has 0 aliphatic heterocycles. The number of halogens is 1. The minimum atomic E-state index is 0.102.